The topological polar surface area (TPSA) is 71.5 Å². The summed E-state index contributed by atoms with van der Waals surface area (Å²) in [5.41, 5.74) is 2.14. The Bertz CT molecular complexity index is 965. The van der Waals surface area contributed by atoms with Crippen molar-refractivity contribution in [3.8, 4) is 5.75 Å². The predicted octanol–water partition coefficient (Wildman–Crippen LogP) is 4.02. The molecule has 0 aliphatic rings. The van der Waals surface area contributed by atoms with E-state index in [4.69, 9.17) is 4.74 Å². The molecule has 3 aromatic rings. The Morgan fingerprint density at radius 2 is 1.82 bits per heavy atom. The summed E-state index contributed by atoms with van der Waals surface area (Å²) in [6, 6.07) is 16.7. The normalized spacial score (nSPS) is 10.5. The van der Waals surface area contributed by atoms with Crippen LogP contribution in [0.4, 0.5) is 11.4 Å². The van der Waals surface area contributed by atoms with Crippen molar-refractivity contribution in [1.82, 2.24) is 4.98 Å². The molecule has 0 atom stereocenters. The van der Waals surface area contributed by atoms with Crippen molar-refractivity contribution in [3.05, 3.63) is 60.8 Å². The van der Waals surface area contributed by atoms with Gasteiger partial charge in [-0.05, 0) is 43.3 Å². The van der Waals surface area contributed by atoms with Crippen LogP contribution in [-0.4, -0.2) is 29.9 Å². The Labute approximate surface area is 164 Å². The second-order valence-corrected chi connectivity index (χ2v) is 6.28. The number of hydrogen-bond acceptors (Lipinski definition) is 4. The minimum Gasteiger partial charge on any atom is -0.494 e. The first kappa shape index (κ1) is 19.4. The molecular weight excluding hydrogens is 354 g/mol. The van der Waals surface area contributed by atoms with Crippen LogP contribution < -0.4 is 15.0 Å². The summed E-state index contributed by atoms with van der Waals surface area (Å²) >= 11 is 0. The lowest BCUT2D eigenvalue weighted by atomic mass is 10.1. The van der Waals surface area contributed by atoms with Gasteiger partial charge in [-0.15, -0.1) is 0 Å². The molecule has 0 saturated heterocycles. The van der Waals surface area contributed by atoms with Gasteiger partial charge in [0.1, 0.15) is 5.75 Å². The van der Waals surface area contributed by atoms with Gasteiger partial charge in [0, 0.05) is 37.2 Å². The zero-order chi connectivity index (χ0) is 19.9. The zero-order valence-electron chi connectivity index (χ0n) is 16.0. The number of carbonyl (C=O) groups is 2. The third-order valence-corrected chi connectivity index (χ3v) is 4.29. The molecule has 0 aliphatic heterocycles. The molecule has 1 heterocycles. The van der Waals surface area contributed by atoms with Crippen molar-refractivity contribution in [2.75, 3.05) is 23.4 Å². The Morgan fingerprint density at radius 3 is 2.54 bits per heavy atom. The molecule has 1 aromatic heterocycles. The molecule has 0 bridgehead atoms. The first-order valence-corrected chi connectivity index (χ1v) is 9.23. The van der Waals surface area contributed by atoms with Crippen molar-refractivity contribution in [1.29, 1.82) is 0 Å². The largest absolute Gasteiger partial charge is 0.494 e. The maximum Gasteiger partial charge on any atom is 0.226 e. The van der Waals surface area contributed by atoms with Crippen molar-refractivity contribution in [3.63, 3.8) is 0 Å². The van der Waals surface area contributed by atoms with E-state index in [9.17, 15) is 9.59 Å². The number of nitrogens with one attached hydrogen (secondary N) is 1. The fourth-order valence-electron chi connectivity index (χ4n) is 2.99. The van der Waals surface area contributed by atoms with Crippen molar-refractivity contribution in [2.24, 2.45) is 0 Å². The van der Waals surface area contributed by atoms with Crippen LogP contribution in [0.2, 0.25) is 0 Å². The maximum atomic E-state index is 12.3. The van der Waals surface area contributed by atoms with E-state index in [1.807, 2.05) is 49.4 Å². The summed E-state index contributed by atoms with van der Waals surface area (Å²) in [5.74, 6) is 0.460. The van der Waals surface area contributed by atoms with E-state index in [1.165, 1.54) is 6.92 Å². The quantitative estimate of drug-likeness (QED) is 0.675. The van der Waals surface area contributed by atoms with Crippen LogP contribution in [0.15, 0.2) is 60.8 Å². The Hall–Kier alpha value is -3.41. The Kier molecular flexibility index (Phi) is 6.22. The predicted molar refractivity (Wildman–Crippen MR) is 111 cm³/mol. The highest BCUT2D eigenvalue weighted by Gasteiger charge is 2.16. The van der Waals surface area contributed by atoms with Crippen molar-refractivity contribution >= 4 is 34.1 Å². The van der Waals surface area contributed by atoms with Crippen LogP contribution in [0.3, 0.4) is 0 Å². The minimum atomic E-state index is -0.163. The molecule has 6 heteroatoms. The molecule has 0 aliphatic carbocycles. The molecule has 0 saturated carbocycles. The smallest absolute Gasteiger partial charge is 0.226 e. The number of nitrogens with zero attached hydrogens (tertiary/aromatic N) is 2. The van der Waals surface area contributed by atoms with Crippen LogP contribution in [0.1, 0.15) is 20.3 Å². The van der Waals surface area contributed by atoms with E-state index in [1.54, 1.807) is 23.2 Å². The lowest BCUT2D eigenvalue weighted by molar-refractivity contribution is -0.117. The van der Waals surface area contributed by atoms with Gasteiger partial charge < -0.3 is 15.0 Å². The fraction of sp³-hybridized carbons (Fsp3) is 0.227. The van der Waals surface area contributed by atoms with Gasteiger partial charge >= 0.3 is 0 Å². The number of aromatic nitrogens is 1. The third-order valence-electron chi connectivity index (χ3n) is 4.29. The molecule has 28 heavy (non-hydrogen) atoms. The highest BCUT2D eigenvalue weighted by atomic mass is 16.5. The lowest BCUT2D eigenvalue weighted by Crippen LogP contribution is -2.32. The van der Waals surface area contributed by atoms with E-state index in [0.717, 1.165) is 16.7 Å². The molecule has 0 spiro atoms. The lowest BCUT2D eigenvalue weighted by Gasteiger charge is -2.22. The van der Waals surface area contributed by atoms with Gasteiger partial charge in [-0.3, -0.25) is 14.6 Å². The summed E-state index contributed by atoms with van der Waals surface area (Å²) < 4.78 is 5.39. The second-order valence-electron chi connectivity index (χ2n) is 6.28. The molecule has 2 aromatic carbocycles. The molecule has 0 fully saturated rings. The number of rotatable bonds is 7. The summed E-state index contributed by atoms with van der Waals surface area (Å²) in [6.07, 6.45) is 1.87. The van der Waals surface area contributed by atoms with Gasteiger partial charge in [-0.25, -0.2) is 0 Å². The van der Waals surface area contributed by atoms with Crippen LogP contribution in [0, 0.1) is 0 Å². The Morgan fingerprint density at radius 1 is 1.07 bits per heavy atom. The number of fused-ring (bicyclic) bond motifs is 1. The summed E-state index contributed by atoms with van der Waals surface area (Å²) in [5, 5.41) is 3.80. The third kappa shape index (κ3) is 4.65. The second kappa shape index (κ2) is 8.99. The van der Waals surface area contributed by atoms with E-state index in [-0.39, 0.29) is 24.8 Å². The summed E-state index contributed by atoms with van der Waals surface area (Å²) in [4.78, 5) is 30.5. The zero-order valence-corrected chi connectivity index (χ0v) is 16.0. The number of carbonyl (C=O) groups excluding carboxylic acids is 2. The number of para-hydroxylation sites is 1. The molecule has 144 valence electrons. The first-order chi connectivity index (χ1) is 13.6. The Balaban J connectivity index is 1.68. The average Bonchev–Trinajstić information content (AvgIpc) is 2.70. The molecule has 6 nitrogen and oxygen atoms in total. The maximum absolute atomic E-state index is 12.3. The van der Waals surface area contributed by atoms with Gasteiger partial charge in [-0.1, -0.05) is 18.2 Å². The van der Waals surface area contributed by atoms with E-state index in [2.05, 4.69) is 10.3 Å². The number of anilines is 2. The molecule has 0 unspecified atom stereocenters. The number of pyridine rings is 1. The molecule has 1 N–H and O–H groups in total. The van der Waals surface area contributed by atoms with E-state index < -0.39 is 0 Å². The van der Waals surface area contributed by atoms with Crippen LogP contribution >= 0.6 is 0 Å². The van der Waals surface area contributed by atoms with Crippen LogP contribution in [-0.2, 0) is 9.59 Å². The van der Waals surface area contributed by atoms with Gasteiger partial charge in [-0.2, -0.15) is 0 Å². The fourth-order valence-corrected chi connectivity index (χ4v) is 2.99. The summed E-state index contributed by atoms with van der Waals surface area (Å²) in [7, 11) is 0. The van der Waals surface area contributed by atoms with E-state index in [0.29, 0.717) is 18.0 Å². The average molecular weight is 377 g/mol. The van der Waals surface area contributed by atoms with Crippen LogP contribution in [0.25, 0.3) is 10.9 Å². The number of hydrogen-bond donors (Lipinski definition) is 1. The highest BCUT2D eigenvalue weighted by molar-refractivity contribution is 6.01. The van der Waals surface area contributed by atoms with Gasteiger partial charge in [0.05, 0.1) is 17.8 Å². The SMILES string of the molecule is CCOc1ccc(NC(=O)CCN(C(C)=O)c2cccc3cccnc23)cc1. The molecule has 0 radical (unpaired) electrons. The van der Waals surface area contributed by atoms with E-state index >= 15 is 0 Å². The molecule has 2 amide bonds. The van der Waals surface area contributed by atoms with Gasteiger partial charge in [0.25, 0.3) is 0 Å². The van der Waals surface area contributed by atoms with Gasteiger partial charge in [0.2, 0.25) is 11.8 Å². The van der Waals surface area contributed by atoms with Gasteiger partial charge in [0.15, 0.2) is 0 Å². The molecular formula is C22H23N3O3. The number of amides is 2. The molecule has 3 rings (SSSR count). The number of ether oxygens (including phenoxy) is 1. The first-order valence-electron chi connectivity index (χ1n) is 9.23. The van der Waals surface area contributed by atoms with Crippen molar-refractivity contribution in [2.45, 2.75) is 20.3 Å². The van der Waals surface area contributed by atoms with Crippen molar-refractivity contribution < 1.29 is 14.3 Å². The summed E-state index contributed by atoms with van der Waals surface area (Å²) in [6.45, 7) is 4.28. The highest BCUT2D eigenvalue weighted by Crippen LogP contribution is 2.25. The standard InChI is InChI=1S/C22H23N3O3/c1-3-28-19-11-9-18(10-12-19)24-21(27)13-15-25(16(2)26)20-8-4-6-17-7-5-14-23-22(17)20/h4-12,14H,3,13,15H2,1-2H3,(H,24,27). The minimum absolute atomic E-state index is 0.132. The monoisotopic (exact) mass is 377 g/mol. The van der Waals surface area contributed by atoms with Crippen LogP contribution in [0.5, 0.6) is 5.75 Å². The number of benzene rings is 2.